The van der Waals surface area contributed by atoms with Crippen LogP contribution in [-0.2, 0) is 28.3 Å². The number of piperazine rings is 1. The van der Waals surface area contributed by atoms with E-state index in [0.29, 0.717) is 41.2 Å². The number of benzene rings is 2. The van der Waals surface area contributed by atoms with Crippen LogP contribution in [0.2, 0.25) is 0 Å². The highest BCUT2D eigenvalue weighted by atomic mass is 32.2. The molecule has 0 radical (unpaired) electrons. The summed E-state index contributed by atoms with van der Waals surface area (Å²) in [5, 5.41) is 5.46. The summed E-state index contributed by atoms with van der Waals surface area (Å²) < 4.78 is 40.3. The van der Waals surface area contributed by atoms with Crippen molar-refractivity contribution in [2.24, 2.45) is 7.05 Å². The Labute approximate surface area is 202 Å². The zero-order valence-electron chi connectivity index (χ0n) is 19.3. The molecule has 3 aromatic rings. The summed E-state index contributed by atoms with van der Waals surface area (Å²) in [5.41, 5.74) is 0.306. The number of aryl methyl sites for hydroxylation is 1. The fraction of sp³-hybridized carbons (Fsp3) is 0.375. The maximum absolute atomic E-state index is 13.2. The van der Waals surface area contributed by atoms with E-state index < -0.39 is 10.0 Å². The van der Waals surface area contributed by atoms with Crippen molar-refractivity contribution in [3.05, 3.63) is 58.5 Å². The number of hydrogen-bond acceptors (Lipinski definition) is 7. The van der Waals surface area contributed by atoms with Crippen molar-refractivity contribution in [1.29, 1.82) is 0 Å². The highest BCUT2D eigenvalue weighted by molar-refractivity contribution is 7.89. The summed E-state index contributed by atoms with van der Waals surface area (Å²) in [6.45, 7) is 1.91. The van der Waals surface area contributed by atoms with Gasteiger partial charge in [-0.05, 0) is 18.2 Å². The molecule has 0 aliphatic carbocycles. The average Bonchev–Trinajstić information content (AvgIpc) is 3.12. The van der Waals surface area contributed by atoms with Crippen molar-refractivity contribution in [2.75, 3.05) is 39.4 Å². The quantitative estimate of drug-likeness (QED) is 0.531. The first-order valence-corrected chi connectivity index (χ1v) is 12.9. The van der Waals surface area contributed by atoms with E-state index in [0.717, 1.165) is 6.42 Å². The molecule has 0 saturated carbocycles. The van der Waals surface area contributed by atoms with Crippen LogP contribution in [0.1, 0.15) is 12.1 Å². The van der Waals surface area contributed by atoms with Gasteiger partial charge in [0.25, 0.3) is 5.56 Å². The lowest BCUT2D eigenvalue weighted by Crippen LogP contribution is -2.51. The standard InChI is InChI=1S/C24H26N4O6S/c1-26-24(30)19-6-3-2-5-18(19)20(25-26)16-23(29)27-9-11-28(12-10-27)35(31,32)17-7-8-21-22(15-17)34-14-4-13-33-21/h2-3,5-8,15H,4,9-14,16H2,1H3. The van der Waals surface area contributed by atoms with Gasteiger partial charge in [0.05, 0.1) is 35.6 Å². The molecular formula is C24H26N4O6S. The summed E-state index contributed by atoms with van der Waals surface area (Å²) in [5.74, 6) is 0.805. The van der Waals surface area contributed by atoms with E-state index in [9.17, 15) is 18.0 Å². The van der Waals surface area contributed by atoms with Crippen molar-refractivity contribution in [3.8, 4) is 11.5 Å². The molecule has 3 heterocycles. The Balaban J connectivity index is 1.28. The molecule has 2 aliphatic heterocycles. The lowest BCUT2D eigenvalue weighted by molar-refractivity contribution is -0.131. The molecule has 0 N–H and O–H groups in total. The second kappa shape index (κ2) is 9.31. The van der Waals surface area contributed by atoms with Gasteiger partial charge in [-0.3, -0.25) is 9.59 Å². The van der Waals surface area contributed by atoms with Crippen LogP contribution in [0.5, 0.6) is 11.5 Å². The number of carbonyl (C=O) groups is 1. The number of fused-ring (bicyclic) bond motifs is 2. The van der Waals surface area contributed by atoms with Gasteiger partial charge < -0.3 is 14.4 Å². The highest BCUT2D eigenvalue weighted by Gasteiger charge is 2.31. The smallest absolute Gasteiger partial charge is 0.274 e. The maximum atomic E-state index is 13.2. The number of amides is 1. The summed E-state index contributed by atoms with van der Waals surface area (Å²) in [7, 11) is -2.18. The van der Waals surface area contributed by atoms with Crippen LogP contribution in [0.15, 0.2) is 52.2 Å². The van der Waals surface area contributed by atoms with Gasteiger partial charge in [0.2, 0.25) is 15.9 Å². The van der Waals surface area contributed by atoms with Crippen molar-refractivity contribution in [1.82, 2.24) is 19.0 Å². The lowest BCUT2D eigenvalue weighted by Gasteiger charge is -2.34. The molecule has 0 unspecified atom stereocenters. The third-order valence-corrected chi connectivity index (χ3v) is 8.19. The first-order chi connectivity index (χ1) is 16.8. The predicted molar refractivity (Wildman–Crippen MR) is 128 cm³/mol. The second-order valence-electron chi connectivity index (χ2n) is 8.54. The van der Waals surface area contributed by atoms with Crippen LogP contribution >= 0.6 is 0 Å². The van der Waals surface area contributed by atoms with Gasteiger partial charge in [0.15, 0.2) is 11.5 Å². The number of hydrogen-bond donors (Lipinski definition) is 0. The zero-order valence-corrected chi connectivity index (χ0v) is 20.2. The molecule has 0 bridgehead atoms. The molecule has 10 nitrogen and oxygen atoms in total. The van der Waals surface area contributed by atoms with E-state index in [1.165, 1.54) is 21.1 Å². The molecule has 5 rings (SSSR count). The van der Waals surface area contributed by atoms with Crippen molar-refractivity contribution in [3.63, 3.8) is 0 Å². The second-order valence-corrected chi connectivity index (χ2v) is 10.5. The number of sulfonamides is 1. The largest absolute Gasteiger partial charge is 0.490 e. The van der Waals surface area contributed by atoms with Gasteiger partial charge in [-0.15, -0.1) is 0 Å². The summed E-state index contributed by atoms with van der Waals surface area (Å²) in [4.78, 5) is 27.1. The lowest BCUT2D eigenvalue weighted by atomic mass is 10.1. The number of aromatic nitrogens is 2. The Morgan fingerprint density at radius 1 is 0.971 bits per heavy atom. The van der Waals surface area contributed by atoms with Gasteiger partial charge in [-0.2, -0.15) is 9.40 Å². The summed E-state index contributed by atoms with van der Waals surface area (Å²) >= 11 is 0. The predicted octanol–water partition coefficient (Wildman–Crippen LogP) is 1.17. The topological polar surface area (TPSA) is 111 Å². The van der Waals surface area contributed by atoms with Crippen LogP contribution in [0.3, 0.4) is 0 Å². The number of nitrogens with zero attached hydrogens (tertiary/aromatic N) is 4. The van der Waals surface area contributed by atoms with Crippen molar-refractivity contribution >= 4 is 26.7 Å². The molecule has 1 fully saturated rings. The first kappa shape index (κ1) is 23.3. The Bertz CT molecular complexity index is 1440. The molecule has 2 aromatic carbocycles. The Morgan fingerprint density at radius 2 is 1.66 bits per heavy atom. The minimum absolute atomic E-state index is 0.0313. The van der Waals surface area contributed by atoms with Crippen LogP contribution in [0.4, 0.5) is 0 Å². The van der Waals surface area contributed by atoms with E-state index in [1.807, 2.05) is 0 Å². The molecule has 0 atom stereocenters. The van der Waals surface area contributed by atoms with Gasteiger partial charge in [0.1, 0.15) is 0 Å². The van der Waals surface area contributed by atoms with Crippen molar-refractivity contribution in [2.45, 2.75) is 17.7 Å². The average molecular weight is 499 g/mol. The van der Waals surface area contributed by atoms with E-state index in [4.69, 9.17) is 9.47 Å². The number of rotatable bonds is 4. The molecule has 184 valence electrons. The maximum Gasteiger partial charge on any atom is 0.274 e. The summed E-state index contributed by atoms with van der Waals surface area (Å²) in [6, 6.07) is 11.7. The normalized spacial score (nSPS) is 16.8. The van der Waals surface area contributed by atoms with Gasteiger partial charge >= 0.3 is 0 Å². The highest BCUT2D eigenvalue weighted by Crippen LogP contribution is 2.33. The zero-order chi connectivity index (χ0) is 24.6. The number of ether oxygens (including phenoxy) is 2. The molecular weight excluding hydrogens is 472 g/mol. The number of carbonyl (C=O) groups excluding carboxylic acids is 1. The molecule has 1 saturated heterocycles. The first-order valence-electron chi connectivity index (χ1n) is 11.5. The van der Waals surface area contributed by atoms with Crippen LogP contribution in [-0.4, -0.2) is 72.7 Å². The Hall–Kier alpha value is -3.44. The van der Waals surface area contributed by atoms with Crippen LogP contribution in [0.25, 0.3) is 10.8 Å². The molecule has 2 aliphatic rings. The molecule has 11 heteroatoms. The van der Waals surface area contributed by atoms with E-state index in [2.05, 4.69) is 5.10 Å². The van der Waals surface area contributed by atoms with Crippen LogP contribution < -0.4 is 15.0 Å². The van der Waals surface area contributed by atoms with Crippen LogP contribution in [0, 0.1) is 0 Å². The third-order valence-electron chi connectivity index (χ3n) is 6.30. The van der Waals surface area contributed by atoms with Gasteiger partial charge in [-0.1, -0.05) is 18.2 Å². The van der Waals surface area contributed by atoms with E-state index in [-0.39, 0.29) is 49.0 Å². The van der Waals surface area contributed by atoms with Crippen molar-refractivity contribution < 1.29 is 22.7 Å². The summed E-state index contributed by atoms with van der Waals surface area (Å²) in [6.07, 6.45) is 0.765. The molecule has 35 heavy (non-hydrogen) atoms. The minimum atomic E-state index is -3.75. The van der Waals surface area contributed by atoms with E-state index in [1.54, 1.807) is 42.3 Å². The molecule has 0 spiro atoms. The Morgan fingerprint density at radius 3 is 2.40 bits per heavy atom. The fourth-order valence-electron chi connectivity index (χ4n) is 4.39. The SMILES string of the molecule is Cn1nc(CC(=O)N2CCN(S(=O)(=O)c3ccc4c(c3)OCCCO4)CC2)c2ccccc2c1=O. The van der Waals surface area contributed by atoms with E-state index >= 15 is 0 Å². The molecule has 1 aromatic heterocycles. The Kier molecular flexibility index (Phi) is 6.20. The fourth-order valence-corrected chi connectivity index (χ4v) is 5.83. The molecule has 1 amide bonds. The third kappa shape index (κ3) is 4.48. The monoisotopic (exact) mass is 498 g/mol. The van der Waals surface area contributed by atoms with Gasteiger partial charge in [0, 0.05) is 51.1 Å². The minimum Gasteiger partial charge on any atom is -0.490 e. The van der Waals surface area contributed by atoms with Gasteiger partial charge in [-0.25, -0.2) is 13.1 Å².